The van der Waals surface area contributed by atoms with Gasteiger partial charge in [-0.1, -0.05) is 62.2 Å². The normalized spacial score (nSPS) is 12.0. The molecule has 0 radical (unpaired) electrons. The highest BCUT2D eigenvalue weighted by Crippen LogP contribution is 2.24. The van der Waals surface area contributed by atoms with E-state index < -0.39 is 6.04 Å². The molecule has 1 atom stereocenters. The van der Waals surface area contributed by atoms with Gasteiger partial charge in [0, 0.05) is 22.6 Å². The number of halogens is 2. The van der Waals surface area contributed by atoms with Crippen LogP contribution in [0.4, 0.5) is 0 Å². The molecule has 0 bridgehead atoms. The number of hydrogen-bond donors (Lipinski definition) is 1. The number of benzene rings is 2. The minimum Gasteiger partial charge on any atom is -0.484 e. The molecular formula is C25H32Cl2N2O3. The molecule has 0 saturated carbocycles. The summed E-state index contributed by atoms with van der Waals surface area (Å²) in [6, 6.07) is 12.1. The average molecular weight is 479 g/mol. The van der Waals surface area contributed by atoms with Crippen molar-refractivity contribution in [1.29, 1.82) is 0 Å². The Morgan fingerprint density at radius 1 is 1.03 bits per heavy atom. The van der Waals surface area contributed by atoms with Gasteiger partial charge >= 0.3 is 0 Å². The van der Waals surface area contributed by atoms with Crippen LogP contribution in [0.2, 0.25) is 10.0 Å². The van der Waals surface area contributed by atoms with Crippen molar-refractivity contribution < 1.29 is 14.3 Å². The van der Waals surface area contributed by atoms with Crippen LogP contribution < -0.4 is 10.1 Å². The molecule has 2 amide bonds. The molecule has 7 heteroatoms. The molecule has 32 heavy (non-hydrogen) atoms. The number of rotatable bonds is 10. The van der Waals surface area contributed by atoms with Gasteiger partial charge in [-0.15, -0.1) is 0 Å². The van der Waals surface area contributed by atoms with Gasteiger partial charge in [-0.3, -0.25) is 9.59 Å². The standard InChI is InChI=1S/C25H32Cl2N2O3/c1-6-23(25(31)28-17(4)5)29(14-19-7-10-20(26)13-22(19)27)24(30)15-32-21-11-8-18(9-12-21)16(2)3/h7-13,16-17,23H,6,14-15H2,1-5H3,(H,28,31)/t23-/m1/s1. The number of carbonyl (C=O) groups is 2. The molecule has 5 nitrogen and oxygen atoms in total. The van der Waals surface area contributed by atoms with Crippen LogP contribution in [0.25, 0.3) is 0 Å². The fraction of sp³-hybridized carbons (Fsp3) is 0.440. The molecule has 2 aromatic carbocycles. The minimum atomic E-state index is -0.649. The Hall–Kier alpha value is -2.24. The van der Waals surface area contributed by atoms with Crippen molar-refractivity contribution in [3.8, 4) is 5.75 Å². The third-order valence-corrected chi connectivity index (χ3v) is 5.67. The van der Waals surface area contributed by atoms with Crippen molar-refractivity contribution in [3.05, 3.63) is 63.6 Å². The maximum atomic E-state index is 13.2. The SMILES string of the molecule is CC[C@H](C(=O)NC(C)C)N(Cc1ccc(Cl)cc1Cl)C(=O)COc1ccc(C(C)C)cc1. The summed E-state index contributed by atoms with van der Waals surface area (Å²) in [6.45, 7) is 9.87. The molecule has 0 unspecified atom stereocenters. The van der Waals surface area contributed by atoms with Crippen LogP contribution in [-0.4, -0.2) is 35.4 Å². The highest BCUT2D eigenvalue weighted by Gasteiger charge is 2.29. The van der Waals surface area contributed by atoms with Crippen LogP contribution in [-0.2, 0) is 16.1 Å². The molecule has 2 aromatic rings. The van der Waals surface area contributed by atoms with Crippen LogP contribution in [0.15, 0.2) is 42.5 Å². The number of ether oxygens (including phenoxy) is 1. The summed E-state index contributed by atoms with van der Waals surface area (Å²) in [4.78, 5) is 27.6. The second-order valence-electron chi connectivity index (χ2n) is 8.36. The zero-order chi connectivity index (χ0) is 23.8. The summed E-state index contributed by atoms with van der Waals surface area (Å²) in [5.41, 5.74) is 1.90. The summed E-state index contributed by atoms with van der Waals surface area (Å²) >= 11 is 12.4. The van der Waals surface area contributed by atoms with Crippen molar-refractivity contribution >= 4 is 35.0 Å². The fourth-order valence-electron chi connectivity index (χ4n) is 3.31. The van der Waals surface area contributed by atoms with E-state index in [4.69, 9.17) is 27.9 Å². The van der Waals surface area contributed by atoms with Crippen LogP contribution in [0, 0.1) is 0 Å². The molecule has 0 heterocycles. The average Bonchev–Trinajstić information content (AvgIpc) is 2.73. The third-order valence-electron chi connectivity index (χ3n) is 5.08. The molecular weight excluding hydrogens is 447 g/mol. The summed E-state index contributed by atoms with van der Waals surface area (Å²) in [6.07, 6.45) is 0.457. The van der Waals surface area contributed by atoms with Crippen molar-refractivity contribution in [2.45, 2.75) is 65.6 Å². The van der Waals surface area contributed by atoms with E-state index in [-0.39, 0.29) is 31.0 Å². The lowest BCUT2D eigenvalue weighted by Crippen LogP contribution is -2.51. The van der Waals surface area contributed by atoms with E-state index in [1.807, 2.05) is 45.0 Å². The molecule has 0 aliphatic heterocycles. The van der Waals surface area contributed by atoms with Gasteiger partial charge in [-0.2, -0.15) is 0 Å². The van der Waals surface area contributed by atoms with Gasteiger partial charge in [-0.25, -0.2) is 0 Å². The Kier molecular flexibility index (Phi) is 9.85. The Bertz CT molecular complexity index is 914. The van der Waals surface area contributed by atoms with E-state index in [9.17, 15) is 9.59 Å². The lowest BCUT2D eigenvalue weighted by molar-refractivity contribution is -0.143. The first-order chi connectivity index (χ1) is 15.1. The van der Waals surface area contributed by atoms with E-state index in [2.05, 4.69) is 19.2 Å². The number of nitrogens with zero attached hydrogens (tertiary/aromatic N) is 1. The fourth-order valence-corrected chi connectivity index (χ4v) is 3.78. The van der Waals surface area contributed by atoms with Gasteiger partial charge in [-0.05, 0) is 61.6 Å². The van der Waals surface area contributed by atoms with E-state index in [1.165, 1.54) is 10.5 Å². The lowest BCUT2D eigenvalue weighted by Gasteiger charge is -2.31. The summed E-state index contributed by atoms with van der Waals surface area (Å²) < 4.78 is 5.75. The number of carbonyl (C=O) groups excluding carboxylic acids is 2. The summed E-state index contributed by atoms with van der Waals surface area (Å²) in [7, 11) is 0. The van der Waals surface area contributed by atoms with E-state index in [0.29, 0.717) is 33.7 Å². The van der Waals surface area contributed by atoms with E-state index >= 15 is 0 Å². The van der Waals surface area contributed by atoms with Crippen LogP contribution >= 0.6 is 23.2 Å². The lowest BCUT2D eigenvalue weighted by atomic mass is 10.0. The molecule has 0 saturated heterocycles. The van der Waals surface area contributed by atoms with Crippen molar-refractivity contribution in [1.82, 2.24) is 10.2 Å². The first-order valence-corrected chi connectivity index (χ1v) is 11.6. The molecule has 0 fully saturated rings. The summed E-state index contributed by atoms with van der Waals surface area (Å²) in [5, 5.41) is 3.85. The highest BCUT2D eigenvalue weighted by atomic mass is 35.5. The largest absolute Gasteiger partial charge is 0.484 e. The van der Waals surface area contributed by atoms with Gasteiger partial charge in [0.1, 0.15) is 11.8 Å². The van der Waals surface area contributed by atoms with Crippen LogP contribution in [0.3, 0.4) is 0 Å². The molecule has 0 aliphatic rings. The predicted octanol–water partition coefficient (Wildman–Crippen LogP) is 5.83. The molecule has 0 spiro atoms. The predicted molar refractivity (Wildman–Crippen MR) is 130 cm³/mol. The second-order valence-corrected chi connectivity index (χ2v) is 9.20. The van der Waals surface area contributed by atoms with Gasteiger partial charge < -0.3 is 15.0 Å². The first kappa shape index (κ1) is 26.0. The second kappa shape index (κ2) is 12.1. The molecule has 1 N–H and O–H groups in total. The van der Waals surface area contributed by atoms with Crippen LogP contribution in [0.1, 0.15) is 58.1 Å². The van der Waals surface area contributed by atoms with Gasteiger partial charge in [0.15, 0.2) is 6.61 Å². The number of nitrogens with one attached hydrogen (secondary N) is 1. The van der Waals surface area contributed by atoms with Gasteiger partial charge in [0.2, 0.25) is 5.91 Å². The zero-order valence-electron chi connectivity index (χ0n) is 19.3. The Balaban J connectivity index is 2.22. The molecule has 0 aromatic heterocycles. The van der Waals surface area contributed by atoms with Crippen molar-refractivity contribution in [2.75, 3.05) is 6.61 Å². The quantitative estimate of drug-likeness (QED) is 0.467. The maximum absolute atomic E-state index is 13.2. The minimum absolute atomic E-state index is 0.0386. The number of hydrogen-bond acceptors (Lipinski definition) is 3. The third kappa shape index (κ3) is 7.42. The first-order valence-electron chi connectivity index (χ1n) is 10.9. The summed E-state index contributed by atoms with van der Waals surface area (Å²) in [5.74, 6) is 0.513. The van der Waals surface area contributed by atoms with Crippen molar-refractivity contribution in [3.63, 3.8) is 0 Å². The van der Waals surface area contributed by atoms with E-state index in [0.717, 1.165) is 0 Å². The highest BCUT2D eigenvalue weighted by molar-refractivity contribution is 6.35. The van der Waals surface area contributed by atoms with Gasteiger partial charge in [0.05, 0.1) is 0 Å². The molecule has 2 rings (SSSR count). The molecule has 0 aliphatic carbocycles. The van der Waals surface area contributed by atoms with Gasteiger partial charge in [0.25, 0.3) is 5.91 Å². The van der Waals surface area contributed by atoms with Crippen molar-refractivity contribution in [2.24, 2.45) is 0 Å². The number of amides is 2. The molecule has 174 valence electrons. The maximum Gasteiger partial charge on any atom is 0.261 e. The van der Waals surface area contributed by atoms with E-state index in [1.54, 1.807) is 18.2 Å². The Morgan fingerprint density at radius 2 is 1.69 bits per heavy atom. The monoisotopic (exact) mass is 478 g/mol. The smallest absolute Gasteiger partial charge is 0.261 e. The zero-order valence-corrected chi connectivity index (χ0v) is 20.8. The Morgan fingerprint density at radius 3 is 2.22 bits per heavy atom. The topological polar surface area (TPSA) is 58.6 Å². The Labute approximate surface area is 201 Å². The van der Waals surface area contributed by atoms with Crippen LogP contribution in [0.5, 0.6) is 5.75 Å².